The number of fused-ring (bicyclic) bond motifs is 1. The van der Waals surface area contributed by atoms with Gasteiger partial charge < -0.3 is 9.88 Å². The van der Waals surface area contributed by atoms with Gasteiger partial charge in [0, 0.05) is 51.1 Å². The van der Waals surface area contributed by atoms with E-state index in [1.165, 1.54) is 0 Å². The summed E-state index contributed by atoms with van der Waals surface area (Å²) in [5.41, 5.74) is 0.138. The van der Waals surface area contributed by atoms with Crippen molar-refractivity contribution in [1.82, 2.24) is 24.6 Å². The van der Waals surface area contributed by atoms with Crippen molar-refractivity contribution in [1.29, 1.82) is 0 Å². The number of nitrogens with zero attached hydrogens (tertiary/aromatic N) is 4. The zero-order valence-electron chi connectivity index (χ0n) is 13.9. The van der Waals surface area contributed by atoms with Crippen LogP contribution in [0.25, 0.3) is 0 Å². The summed E-state index contributed by atoms with van der Waals surface area (Å²) in [7, 11) is 1.83. The average Bonchev–Trinajstić information content (AvgIpc) is 3.16. The van der Waals surface area contributed by atoms with E-state index in [0.29, 0.717) is 38.2 Å². The molecule has 1 atom stereocenters. The fraction of sp³-hybridized carbons (Fsp3) is 0.562. The molecule has 1 aliphatic rings. The minimum atomic E-state index is -4.42. The summed E-state index contributed by atoms with van der Waals surface area (Å²) in [6.07, 6.45) is 0.509. The summed E-state index contributed by atoms with van der Waals surface area (Å²) in [6, 6.07) is 1.87. The normalized spacial score (nSPS) is 17.4. The molecule has 0 radical (unpaired) electrons. The highest BCUT2D eigenvalue weighted by Crippen LogP contribution is 2.30. The first-order valence-electron chi connectivity index (χ1n) is 8.19. The van der Waals surface area contributed by atoms with E-state index < -0.39 is 11.9 Å². The number of hydrogen-bond donors (Lipinski definition) is 1. The maximum atomic E-state index is 12.7. The SMILES string of the molecule is Cn1nccc1CCC(=O)NCC1CCc2nc(C(F)(F)F)cn2C1. The number of aromatic nitrogens is 4. The molecule has 1 aliphatic heterocycles. The van der Waals surface area contributed by atoms with Crippen LogP contribution < -0.4 is 5.32 Å². The van der Waals surface area contributed by atoms with Crippen molar-refractivity contribution in [3.8, 4) is 0 Å². The fourth-order valence-electron chi connectivity index (χ4n) is 3.05. The van der Waals surface area contributed by atoms with E-state index >= 15 is 0 Å². The van der Waals surface area contributed by atoms with Gasteiger partial charge in [0.05, 0.1) is 0 Å². The van der Waals surface area contributed by atoms with Crippen LogP contribution in [-0.2, 0) is 37.4 Å². The molecule has 1 N–H and O–H groups in total. The molecule has 0 fully saturated rings. The van der Waals surface area contributed by atoms with Crippen molar-refractivity contribution < 1.29 is 18.0 Å². The Morgan fingerprint density at radius 1 is 1.44 bits per heavy atom. The molecule has 9 heteroatoms. The molecule has 25 heavy (non-hydrogen) atoms. The molecule has 1 amide bonds. The van der Waals surface area contributed by atoms with E-state index in [4.69, 9.17) is 0 Å². The molecule has 0 saturated heterocycles. The lowest BCUT2D eigenvalue weighted by molar-refractivity contribution is -0.141. The topological polar surface area (TPSA) is 64.7 Å². The number of nitrogens with one attached hydrogen (secondary N) is 1. The fourth-order valence-corrected chi connectivity index (χ4v) is 3.05. The van der Waals surface area contributed by atoms with E-state index in [1.807, 2.05) is 13.1 Å². The largest absolute Gasteiger partial charge is 0.434 e. The van der Waals surface area contributed by atoms with Gasteiger partial charge in [0.1, 0.15) is 5.82 Å². The van der Waals surface area contributed by atoms with Gasteiger partial charge in [-0.2, -0.15) is 18.3 Å². The van der Waals surface area contributed by atoms with Gasteiger partial charge in [-0.1, -0.05) is 0 Å². The zero-order chi connectivity index (χ0) is 18.0. The van der Waals surface area contributed by atoms with E-state index in [1.54, 1.807) is 15.4 Å². The molecule has 0 bridgehead atoms. The molecule has 6 nitrogen and oxygen atoms in total. The molecule has 3 rings (SSSR count). The van der Waals surface area contributed by atoms with Gasteiger partial charge in [-0.3, -0.25) is 9.48 Å². The van der Waals surface area contributed by atoms with Crippen molar-refractivity contribution in [2.75, 3.05) is 6.54 Å². The van der Waals surface area contributed by atoms with Crippen LogP contribution in [0.4, 0.5) is 13.2 Å². The van der Waals surface area contributed by atoms with E-state index in [-0.39, 0.29) is 11.8 Å². The second-order valence-corrected chi connectivity index (χ2v) is 6.35. The summed E-state index contributed by atoms with van der Waals surface area (Å²) < 4.78 is 41.4. The van der Waals surface area contributed by atoms with E-state index in [2.05, 4.69) is 15.4 Å². The second kappa shape index (κ2) is 6.89. The van der Waals surface area contributed by atoms with Gasteiger partial charge in [0.25, 0.3) is 0 Å². The Balaban J connectivity index is 1.47. The summed E-state index contributed by atoms with van der Waals surface area (Å²) >= 11 is 0. The molecule has 3 heterocycles. The van der Waals surface area contributed by atoms with Crippen LogP contribution in [0, 0.1) is 5.92 Å². The Morgan fingerprint density at radius 2 is 2.24 bits per heavy atom. The van der Waals surface area contributed by atoms with Crippen molar-refractivity contribution in [2.24, 2.45) is 13.0 Å². The number of hydrogen-bond acceptors (Lipinski definition) is 3. The molecule has 1 unspecified atom stereocenters. The third-order valence-electron chi connectivity index (χ3n) is 4.50. The quantitative estimate of drug-likeness (QED) is 0.892. The number of carbonyl (C=O) groups is 1. The number of halogens is 3. The first kappa shape index (κ1) is 17.5. The number of aryl methyl sites for hydroxylation is 3. The molecule has 136 valence electrons. The van der Waals surface area contributed by atoms with Gasteiger partial charge in [0.2, 0.25) is 5.91 Å². The number of imidazole rings is 1. The summed E-state index contributed by atoms with van der Waals surface area (Å²) in [5.74, 6) is 0.517. The van der Waals surface area contributed by atoms with Crippen LogP contribution in [0.5, 0.6) is 0 Å². The second-order valence-electron chi connectivity index (χ2n) is 6.35. The predicted molar refractivity (Wildman–Crippen MR) is 83.6 cm³/mol. The minimum Gasteiger partial charge on any atom is -0.356 e. The molecular formula is C16H20F3N5O. The van der Waals surface area contributed by atoms with Crippen molar-refractivity contribution in [3.05, 3.63) is 35.7 Å². The standard InChI is InChI=1S/C16H20F3N5O/c1-23-12(6-7-21-23)3-5-15(25)20-8-11-2-4-14-22-13(16(17,18)19)10-24(14)9-11/h6-7,10-11H,2-5,8-9H2,1H3,(H,20,25). The molecule has 2 aromatic heterocycles. The molecule has 0 spiro atoms. The Bertz CT molecular complexity index is 749. The van der Waals surface area contributed by atoms with Crippen LogP contribution in [0.2, 0.25) is 0 Å². The van der Waals surface area contributed by atoms with E-state index in [9.17, 15) is 18.0 Å². The highest BCUT2D eigenvalue weighted by Gasteiger charge is 2.35. The Morgan fingerprint density at radius 3 is 2.92 bits per heavy atom. The third-order valence-corrected chi connectivity index (χ3v) is 4.50. The van der Waals surface area contributed by atoms with Gasteiger partial charge in [-0.25, -0.2) is 4.98 Å². The lowest BCUT2D eigenvalue weighted by atomic mass is 9.99. The maximum Gasteiger partial charge on any atom is 0.434 e. The highest BCUT2D eigenvalue weighted by molar-refractivity contribution is 5.76. The molecule has 0 saturated carbocycles. The molecule has 2 aromatic rings. The smallest absolute Gasteiger partial charge is 0.356 e. The summed E-state index contributed by atoms with van der Waals surface area (Å²) in [5, 5.41) is 6.93. The molecule has 0 aromatic carbocycles. The average molecular weight is 355 g/mol. The van der Waals surface area contributed by atoms with Crippen molar-refractivity contribution in [2.45, 2.75) is 38.4 Å². The first-order chi connectivity index (χ1) is 11.8. The Labute approximate surface area is 143 Å². The van der Waals surface area contributed by atoms with Crippen LogP contribution in [-0.4, -0.2) is 31.8 Å². The first-order valence-corrected chi connectivity index (χ1v) is 8.19. The van der Waals surface area contributed by atoms with E-state index in [0.717, 1.165) is 18.3 Å². The summed E-state index contributed by atoms with van der Waals surface area (Å²) in [4.78, 5) is 15.6. The highest BCUT2D eigenvalue weighted by atomic mass is 19.4. The van der Waals surface area contributed by atoms with Gasteiger partial charge in [-0.15, -0.1) is 0 Å². The van der Waals surface area contributed by atoms with Crippen molar-refractivity contribution >= 4 is 5.91 Å². The molecular weight excluding hydrogens is 335 g/mol. The number of rotatable bonds is 5. The number of alkyl halides is 3. The van der Waals surface area contributed by atoms with Crippen LogP contribution in [0.1, 0.15) is 30.1 Å². The Hall–Kier alpha value is -2.32. The van der Waals surface area contributed by atoms with Crippen molar-refractivity contribution in [3.63, 3.8) is 0 Å². The van der Waals surface area contributed by atoms with Crippen LogP contribution in [0.3, 0.4) is 0 Å². The van der Waals surface area contributed by atoms with Gasteiger partial charge >= 0.3 is 6.18 Å². The monoisotopic (exact) mass is 355 g/mol. The number of amides is 1. The lowest BCUT2D eigenvalue weighted by Gasteiger charge is -2.23. The minimum absolute atomic E-state index is 0.0615. The zero-order valence-corrected chi connectivity index (χ0v) is 13.9. The predicted octanol–water partition coefficient (Wildman–Crippen LogP) is 1.95. The van der Waals surface area contributed by atoms with Gasteiger partial charge in [0.15, 0.2) is 5.69 Å². The maximum absolute atomic E-state index is 12.7. The van der Waals surface area contributed by atoms with Crippen LogP contribution >= 0.6 is 0 Å². The number of carbonyl (C=O) groups excluding carboxylic acids is 1. The summed E-state index contributed by atoms with van der Waals surface area (Å²) in [6.45, 7) is 0.906. The third kappa shape index (κ3) is 4.21. The lowest BCUT2D eigenvalue weighted by Crippen LogP contribution is -2.33. The van der Waals surface area contributed by atoms with Crippen LogP contribution in [0.15, 0.2) is 18.5 Å². The molecule has 0 aliphatic carbocycles. The van der Waals surface area contributed by atoms with Gasteiger partial charge in [-0.05, 0) is 24.8 Å². The Kier molecular flexibility index (Phi) is 4.82.